The van der Waals surface area contributed by atoms with Crippen LogP contribution in [0.1, 0.15) is 40.2 Å². The third-order valence-electron chi connectivity index (χ3n) is 3.46. The van der Waals surface area contributed by atoms with Crippen LogP contribution in [0, 0.1) is 5.41 Å². The van der Waals surface area contributed by atoms with Gasteiger partial charge in [0, 0.05) is 24.9 Å². The summed E-state index contributed by atoms with van der Waals surface area (Å²) in [7, 11) is 1.79. The van der Waals surface area contributed by atoms with E-state index in [1.165, 1.54) is 0 Å². The van der Waals surface area contributed by atoms with Gasteiger partial charge in [0.1, 0.15) is 5.60 Å². The van der Waals surface area contributed by atoms with Crippen molar-refractivity contribution in [2.75, 3.05) is 6.54 Å². The first-order chi connectivity index (χ1) is 9.02. The zero-order chi connectivity index (χ0) is 15.6. The van der Waals surface area contributed by atoms with E-state index in [2.05, 4.69) is 31.2 Å². The van der Waals surface area contributed by atoms with Crippen LogP contribution < -0.4 is 5.32 Å². The number of rotatable bonds is 4. The summed E-state index contributed by atoms with van der Waals surface area (Å²) >= 11 is 0. The lowest BCUT2D eigenvalue weighted by molar-refractivity contribution is -0.117. The number of allylic oxidation sites excluding steroid dienone is 1. The molecule has 0 bridgehead atoms. The van der Waals surface area contributed by atoms with E-state index in [1.54, 1.807) is 37.1 Å². The molecular weight excluding hydrogens is 254 g/mol. The molecule has 0 radical (unpaired) electrons. The highest BCUT2D eigenvalue weighted by Crippen LogP contribution is 2.24. The molecule has 2 N–H and O–H groups in total. The summed E-state index contributed by atoms with van der Waals surface area (Å²) in [5.41, 5.74) is 0.504. The summed E-state index contributed by atoms with van der Waals surface area (Å²) in [6, 6.07) is 0. The van der Waals surface area contributed by atoms with Crippen LogP contribution in [-0.2, 0) is 17.4 Å². The molecule has 1 atom stereocenters. The van der Waals surface area contributed by atoms with E-state index in [1.807, 2.05) is 6.92 Å². The number of hydrogen-bond donors (Lipinski definition) is 2. The van der Waals surface area contributed by atoms with Crippen LogP contribution in [0.2, 0.25) is 0 Å². The topological polar surface area (TPSA) is 67.2 Å². The normalized spacial score (nSPS) is 15.8. The van der Waals surface area contributed by atoms with Crippen molar-refractivity contribution in [3.05, 3.63) is 29.6 Å². The first-order valence-corrected chi connectivity index (χ1v) is 6.70. The quantitative estimate of drug-likeness (QED) is 0.825. The van der Waals surface area contributed by atoms with Gasteiger partial charge < -0.3 is 10.4 Å². The van der Waals surface area contributed by atoms with E-state index < -0.39 is 5.60 Å². The van der Waals surface area contributed by atoms with Crippen molar-refractivity contribution < 1.29 is 9.90 Å². The van der Waals surface area contributed by atoms with Crippen molar-refractivity contribution in [2.45, 2.75) is 40.2 Å². The second-order valence-electron chi connectivity index (χ2n) is 6.47. The van der Waals surface area contributed by atoms with Crippen LogP contribution in [0.15, 0.2) is 24.0 Å². The Bertz CT molecular complexity index is 507. The predicted molar refractivity (Wildman–Crippen MR) is 79.0 cm³/mol. The first kappa shape index (κ1) is 16.4. The fourth-order valence-corrected chi connectivity index (χ4v) is 1.52. The molecule has 0 spiro atoms. The standard InChI is InChI=1S/C15H25N3O2/c1-11(14(2,3)4)7-13(19)16-10-15(5,20)12-8-17-18(6)9-12/h7-9,20H,10H2,1-6H3,(H,16,19). The summed E-state index contributed by atoms with van der Waals surface area (Å²) in [5, 5.41) is 17.1. The van der Waals surface area contributed by atoms with Gasteiger partial charge in [0.05, 0.1) is 12.7 Å². The molecule has 0 aromatic carbocycles. The molecule has 112 valence electrons. The number of nitrogens with zero attached hydrogens (tertiary/aromatic N) is 2. The number of aromatic nitrogens is 2. The Balaban J connectivity index is 2.65. The first-order valence-electron chi connectivity index (χ1n) is 6.70. The molecule has 5 heteroatoms. The number of aliphatic hydroxyl groups is 1. The zero-order valence-corrected chi connectivity index (χ0v) is 13.2. The smallest absolute Gasteiger partial charge is 0.244 e. The average Bonchev–Trinajstić information content (AvgIpc) is 2.73. The largest absolute Gasteiger partial charge is 0.383 e. The fraction of sp³-hybridized carbons (Fsp3) is 0.600. The molecule has 1 rings (SSSR count). The minimum absolute atomic E-state index is 0.0385. The number of carbonyl (C=O) groups excluding carboxylic acids is 1. The second kappa shape index (κ2) is 5.79. The lowest BCUT2D eigenvalue weighted by atomic mass is 9.87. The molecule has 20 heavy (non-hydrogen) atoms. The minimum atomic E-state index is -1.13. The van der Waals surface area contributed by atoms with Gasteiger partial charge in [-0.25, -0.2) is 0 Å². The summed E-state index contributed by atoms with van der Waals surface area (Å²) in [6.45, 7) is 9.89. The van der Waals surface area contributed by atoms with E-state index in [0.29, 0.717) is 5.56 Å². The molecule has 1 unspecified atom stereocenters. The molecule has 0 saturated heterocycles. The Hall–Kier alpha value is -1.62. The fourth-order valence-electron chi connectivity index (χ4n) is 1.52. The van der Waals surface area contributed by atoms with Crippen molar-refractivity contribution >= 4 is 5.91 Å². The Morgan fingerprint density at radius 3 is 2.50 bits per heavy atom. The van der Waals surface area contributed by atoms with Crippen LogP contribution in [0.3, 0.4) is 0 Å². The zero-order valence-electron chi connectivity index (χ0n) is 13.2. The number of amides is 1. The van der Waals surface area contributed by atoms with Crippen molar-refractivity contribution in [1.82, 2.24) is 15.1 Å². The molecule has 0 aliphatic carbocycles. The summed E-state index contributed by atoms with van der Waals surface area (Å²) in [6.07, 6.45) is 4.92. The Labute approximate surface area is 120 Å². The maximum absolute atomic E-state index is 11.9. The monoisotopic (exact) mass is 279 g/mol. The van der Waals surface area contributed by atoms with E-state index >= 15 is 0 Å². The summed E-state index contributed by atoms with van der Waals surface area (Å²) < 4.78 is 1.62. The lowest BCUT2D eigenvalue weighted by Gasteiger charge is -2.23. The van der Waals surface area contributed by atoms with Crippen molar-refractivity contribution in [2.24, 2.45) is 12.5 Å². The Morgan fingerprint density at radius 1 is 1.45 bits per heavy atom. The van der Waals surface area contributed by atoms with Gasteiger partial charge in [0.25, 0.3) is 0 Å². The number of nitrogens with one attached hydrogen (secondary N) is 1. The SMILES string of the molecule is CC(=CC(=O)NCC(C)(O)c1cnn(C)c1)C(C)(C)C. The molecule has 1 heterocycles. The van der Waals surface area contributed by atoms with E-state index in [9.17, 15) is 9.90 Å². The highest BCUT2D eigenvalue weighted by molar-refractivity contribution is 5.88. The predicted octanol–water partition coefficient (Wildman–Crippen LogP) is 1.74. The van der Waals surface area contributed by atoms with Crippen molar-refractivity contribution in [1.29, 1.82) is 0 Å². The van der Waals surface area contributed by atoms with Gasteiger partial charge in [-0.05, 0) is 19.3 Å². The average molecular weight is 279 g/mol. The van der Waals surface area contributed by atoms with E-state index in [4.69, 9.17) is 0 Å². The highest BCUT2D eigenvalue weighted by atomic mass is 16.3. The van der Waals surface area contributed by atoms with Crippen molar-refractivity contribution in [3.63, 3.8) is 0 Å². The Kier molecular flexibility index (Phi) is 4.76. The lowest BCUT2D eigenvalue weighted by Crippen LogP contribution is -2.38. The van der Waals surface area contributed by atoms with Crippen LogP contribution in [-0.4, -0.2) is 27.3 Å². The van der Waals surface area contributed by atoms with Crippen LogP contribution in [0.25, 0.3) is 0 Å². The Morgan fingerprint density at radius 2 is 2.05 bits per heavy atom. The third kappa shape index (κ3) is 4.49. The van der Waals surface area contributed by atoms with Crippen molar-refractivity contribution in [3.8, 4) is 0 Å². The van der Waals surface area contributed by atoms with Gasteiger partial charge in [-0.3, -0.25) is 9.48 Å². The molecule has 0 saturated carbocycles. The van der Waals surface area contributed by atoms with Crippen LogP contribution >= 0.6 is 0 Å². The van der Waals surface area contributed by atoms with E-state index in [0.717, 1.165) is 5.57 Å². The molecule has 5 nitrogen and oxygen atoms in total. The molecule has 1 amide bonds. The van der Waals surface area contributed by atoms with Gasteiger partial charge in [-0.2, -0.15) is 5.10 Å². The van der Waals surface area contributed by atoms with E-state index in [-0.39, 0.29) is 17.9 Å². The maximum Gasteiger partial charge on any atom is 0.244 e. The van der Waals surface area contributed by atoms with Gasteiger partial charge in [0.15, 0.2) is 0 Å². The molecular formula is C15H25N3O2. The summed E-state index contributed by atoms with van der Waals surface area (Å²) in [5.74, 6) is -0.193. The number of hydrogen-bond acceptors (Lipinski definition) is 3. The minimum Gasteiger partial charge on any atom is -0.383 e. The highest BCUT2D eigenvalue weighted by Gasteiger charge is 2.25. The number of carbonyl (C=O) groups is 1. The van der Waals surface area contributed by atoms with Crippen LogP contribution in [0.5, 0.6) is 0 Å². The van der Waals surface area contributed by atoms with Gasteiger partial charge in [-0.1, -0.05) is 26.3 Å². The van der Waals surface area contributed by atoms with Crippen LogP contribution in [0.4, 0.5) is 0 Å². The number of aryl methyl sites for hydroxylation is 1. The second-order valence-corrected chi connectivity index (χ2v) is 6.47. The molecule has 1 aromatic rings. The summed E-state index contributed by atoms with van der Waals surface area (Å²) in [4.78, 5) is 11.9. The molecule has 0 aliphatic heterocycles. The van der Waals surface area contributed by atoms with Gasteiger partial charge in [-0.15, -0.1) is 0 Å². The molecule has 1 aromatic heterocycles. The van der Waals surface area contributed by atoms with Gasteiger partial charge in [0.2, 0.25) is 5.91 Å². The third-order valence-corrected chi connectivity index (χ3v) is 3.46. The maximum atomic E-state index is 11.9. The molecule has 0 fully saturated rings. The van der Waals surface area contributed by atoms with Gasteiger partial charge >= 0.3 is 0 Å². The molecule has 0 aliphatic rings.